The van der Waals surface area contributed by atoms with E-state index >= 15 is 0 Å². The Hall–Kier alpha value is -7.40. The van der Waals surface area contributed by atoms with E-state index in [1.165, 1.54) is 17.0 Å². The van der Waals surface area contributed by atoms with E-state index < -0.39 is 9.84 Å². The number of carbonyl (C=O) groups excluding carboxylic acids is 3. The van der Waals surface area contributed by atoms with E-state index in [4.69, 9.17) is 9.72 Å². The Kier molecular flexibility index (Phi) is 11.5. The maximum absolute atomic E-state index is 13.0. The van der Waals surface area contributed by atoms with Gasteiger partial charge in [-0.25, -0.2) is 18.4 Å². The summed E-state index contributed by atoms with van der Waals surface area (Å²) in [5, 5.41) is 6.34. The van der Waals surface area contributed by atoms with Gasteiger partial charge in [0.25, 0.3) is 11.8 Å². The second kappa shape index (κ2) is 17.2. The van der Waals surface area contributed by atoms with Crippen molar-refractivity contribution in [3.05, 3.63) is 120 Å². The summed E-state index contributed by atoms with van der Waals surface area (Å²) in [7, 11) is 3.89. The number of aromatic nitrogens is 4. The number of para-hydroxylation sites is 2. The first-order valence-electron chi connectivity index (χ1n) is 20.3. The summed E-state index contributed by atoms with van der Waals surface area (Å²) in [5.74, 6) is 2.25. The molecular weight excluding hydrogens is 821 g/mol. The van der Waals surface area contributed by atoms with Crippen LogP contribution in [-0.4, -0.2) is 86.5 Å². The number of sulfone groups is 1. The molecule has 0 spiro atoms. The number of amides is 2. The Labute approximate surface area is 365 Å². The molecule has 0 saturated heterocycles. The normalized spacial score (nSPS) is 14.6. The van der Waals surface area contributed by atoms with E-state index in [0.29, 0.717) is 68.7 Å². The standard InChI is InChI=1S/C26H27N5O3.C20H19N5O3S/c1-16(32)17-12-13-20(23(14-17)34-18-8-4-5-9-18)28-26-27-15-22-24(29-26)30(2)21-11-7-6-10-19(21)25(33)31(22)3;1-24-16-7-5-4-6-15(16)19(26)25(2)17-12-21-20(23-18(17)24)22-13-8-10-14(11-9-13)29(3,27)28/h6-7,10-15,18H,4-5,8-9H2,1-3H3,(H,27,28,29);4-12H,1-3H3,(H,21,22,23). The number of fused-ring (bicyclic) bond motifs is 4. The van der Waals surface area contributed by atoms with Crippen LogP contribution in [0.3, 0.4) is 0 Å². The Morgan fingerprint density at radius 3 is 1.68 bits per heavy atom. The molecule has 0 unspecified atom stereocenters. The highest BCUT2D eigenvalue weighted by atomic mass is 32.2. The van der Waals surface area contributed by atoms with Crippen molar-refractivity contribution >= 4 is 85.1 Å². The smallest absolute Gasteiger partial charge is 0.260 e. The predicted molar refractivity (Wildman–Crippen MR) is 244 cm³/mol. The van der Waals surface area contributed by atoms with Crippen molar-refractivity contribution in [2.24, 2.45) is 0 Å². The van der Waals surface area contributed by atoms with Gasteiger partial charge in [-0.15, -0.1) is 0 Å². The molecule has 0 radical (unpaired) electrons. The molecule has 16 nitrogen and oxygen atoms in total. The van der Waals surface area contributed by atoms with Crippen molar-refractivity contribution < 1.29 is 27.5 Å². The van der Waals surface area contributed by atoms with Gasteiger partial charge in [0.2, 0.25) is 11.9 Å². The van der Waals surface area contributed by atoms with Crippen LogP contribution in [0.25, 0.3) is 0 Å². The average molecular weight is 867 g/mol. The fourth-order valence-electron chi connectivity index (χ4n) is 7.69. The molecule has 0 bridgehead atoms. The third kappa shape index (κ3) is 8.59. The Morgan fingerprint density at radius 1 is 0.667 bits per heavy atom. The van der Waals surface area contributed by atoms with Gasteiger partial charge >= 0.3 is 0 Å². The minimum Gasteiger partial charge on any atom is -0.488 e. The van der Waals surface area contributed by atoms with Crippen LogP contribution >= 0.6 is 0 Å². The van der Waals surface area contributed by atoms with E-state index in [0.717, 1.165) is 43.3 Å². The molecule has 9 rings (SSSR count). The summed E-state index contributed by atoms with van der Waals surface area (Å²) in [4.78, 5) is 63.0. The van der Waals surface area contributed by atoms with Gasteiger partial charge < -0.3 is 35.0 Å². The molecule has 1 aliphatic carbocycles. The molecule has 2 N–H and O–H groups in total. The quantitative estimate of drug-likeness (QED) is 0.140. The second-order valence-electron chi connectivity index (χ2n) is 15.5. The zero-order valence-corrected chi connectivity index (χ0v) is 36.5. The lowest BCUT2D eigenvalue weighted by molar-refractivity contribution is 0.0986. The Morgan fingerprint density at radius 2 is 1.17 bits per heavy atom. The minimum atomic E-state index is -3.26. The second-order valence-corrected chi connectivity index (χ2v) is 17.5. The SMILES string of the molecule is CC(=O)c1ccc(Nc2ncc3c(n2)N(C)c2ccccc2C(=O)N3C)c(OC2CCCC2)c1.CN1C(=O)c2ccccc2N(C)c2nc(Nc3ccc(S(C)(=O)=O)cc3)ncc21. The van der Waals surface area contributed by atoms with Crippen molar-refractivity contribution in [1.29, 1.82) is 0 Å². The van der Waals surface area contributed by atoms with Crippen LogP contribution in [0, 0.1) is 0 Å². The molecule has 4 heterocycles. The molecule has 322 valence electrons. The molecule has 3 aliphatic rings. The first kappa shape index (κ1) is 42.3. The number of rotatable bonds is 8. The predicted octanol–water partition coefficient (Wildman–Crippen LogP) is 8.08. The molecular formula is C46H46N10O6S. The van der Waals surface area contributed by atoms with Crippen LogP contribution in [0.4, 0.5) is 57.7 Å². The fraction of sp³-hybridized carbons (Fsp3) is 0.239. The van der Waals surface area contributed by atoms with Gasteiger partial charge in [0, 0.05) is 45.7 Å². The molecule has 4 aromatic carbocycles. The molecule has 6 aromatic rings. The fourth-order valence-corrected chi connectivity index (χ4v) is 8.32. The van der Waals surface area contributed by atoms with Gasteiger partial charge in [-0.05, 0) is 99.3 Å². The molecule has 1 fully saturated rings. The third-order valence-corrected chi connectivity index (χ3v) is 12.4. The Bertz CT molecular complexity index is 2870. The van der Waals surface area contributed by atoms with Crippen molar-refractivity contribution in [1.82, 2.24) is 19.9 Å². The highest BCUT2D eigenvalue weighted by Crippen LogP contribution is 2.40. The van der Waals surface area contributed by atoms with Gasteiger partial charge in [0.05, 0.1) is 51.6 Å². The number of ether oxygens (including phenoxy) is 1. The third-order valence-electron chi connectivity index (χ3n) is 11.2. The van der Waals surface area contributed by atoms with E-state index in [1.54, 1.807) is 68.6 Å². The first-order valence-corrected chi connectivity index (χ1v) is 22.2. The number of nitrogens with zero attached hydrogens (tertiary/aromatic N) is 8. The Balaban J connectivity index is 0.000000175. The topological polar surface area (TPSA) is 183 Å². The zero-order chi connectivity index (χ0) is 44.6. The van der Waals surface area contributed by atoms with Crippen LogP contribution in [0.1, 0.15) is 63.7 Å². The molecule has 2 amide bonds. The van der Waals surface area contributed by atoms with Crippen LogP contribution in [0.5, 0.6) is 5.75 Å². The van der Waals surface area contributed by atoms with Crippen molar-refractivity contribution in [2.75, 3.05) is 64.7 Å². The molecule has 1 saturated carbocycles. The number of carbonyl (C=O) groups is 3. The van der Waals surface area contributed by atoms with Gasteiger partial charge in [0.1, 0.15) is 17.1 Å². The highest BCUT2D eigenvalue weighted by Gasteiger charge is 2.30. The van der Waals surface area contributed by atoms with Crippen LogP contribution in [0.15, 0.2) is 108 Å². The summed E-state index contributed by atoms with van der Waals surface area (Å²) in [6, 6.07) is 26.5. The lowest BCUT2D eigenvalue weighted by Gasteiger charge is -2.22. The van der Waals surface area contributed by atoms with E-state index in [-0.39, 0.29) is 28.6 Å². The minimum absolute atomic E-state index is 0.0166. The summed E-state index contributed by atoms with van der Waals surface area (Å²) in [6.07, 6.45) is 8.84. The number of Topliss-reactive ketones (excluding diaryl/α,β-unsaturated/α-hetero) is 1. The van der Waals surface area contributed by atoms with Gasteiger partial charge in [0.15, 0.2) is 27.3 Å². The number of nitrogens with one attached hydrogen (secondary N) is 2. The number of hydrogen-bond acceptors (Lipinski definition) is 14. The first-order chi connectivity index (χ1) is 30.2. The lowest BCUT2D eigenvalue weighted by atomic mass is 10.1. The number of ketones is 1. The summed E-state index contributed by atoms with van der Waals surface area (Å²) in [6.45, 7) is 1.54. The zero-order valence-electron chi connectivity index (χ0n) is 35.7. The van der Waals surface area contributed by atoms with Crippen molar-refractivity contribution in [3.63, 3.8) is 0 Å². The molecule has 2 aliphatic heterocycles. The molecule has 17 heteroatoms. The number of benzene rings is 4. The van der Waals surface area contributed by atoms with Crippen molar-refractivity contribution in [2.45, 2.75) is 43.6 Å². The monoisotopic (exact) mass is 866 g/mol. The van der Waals surface area contributed by atoms with Crippen molar-refractivity contribution in [3.8, 4) is 5.75 Å². The highest BCUT2D eigenvalue weighted by molar-refractivity contribution is 7.90. The molecule has 0 atom stereocenters. The summed E-state index contributed by atoms with van der Waals surface area (Å²) >= 11 is 0. The average Bonchev–Trinajstić information content (AvgIpc) is 3.77. The lowest BCUT2D eigenvalue weighted by Crippen LogP contribution is -2.25. The molecule has 2 aromatic heterocycles. The van der Waals surface area contributed by atoms with Crippen LogP contribution in [-0.2, 0) is 9.84 Å². The maximum atomic E-state index is 13.0. The van der Waals surface area contributed by atoms with E-state index in [9.17, 15) is 22.8 Å². The summed E-state index contributed by atoms with van der Waals surface area (Å²) < 4.78 is 29.5. The van der Waals surface area contributed by atoms with Crippen LogP contribution in [0.2, 0.25) is 0 Å². The largest absolute Gasteiger partial charge is 0.488 e. The van der Waals surface area contributed by atoms with Gasteiger partial charge in [-0.2, -0.15) is 9.97 Å². The maximum Gasteiger partial charge on any atom is 0.260 e. The van der Waals surface area contributed by atoms with Crippen LogP contribution < -0.4 is 35.0 Å². The molecule has 63 heavy (non-hydrogen) atoms. The summed E-state index contributed by atoms with van der Waals surface area (Å²) in [5.41, 5.74) is 5.86. The van der Waals surface area contributed by atoms with Gasteiger partial charge in [-0.1, -0.05) is 24.3 Å². The van der Waals surface area contributed by atoms with E-state index in [1.807, 2.05) is 72.4 Å². The van der Waals surface area contributed by atoms with E-state index in [2.05, 4.69) is 25.6 Å². The van der Waals surface area contributed by atoms with Gasteiger partial charge in [-0.3, -0.25) is 14.4 Å². The number of anilines is 10. The number of hydrogen-bond donors (Lipinski definition) is 2.